The van der Waals surface area contributed by atoms with Crippen LogP contribution < -0.4 is 0 Å². The molecule has 0 aromatic carbocycles. The zero-order chi connectivity index (χ0) is 17.3. The zero-order valence-corrected chi connectivity index (χ0v) is 14.8. The van der Waals surface area contributed by atoms with Gasteiger partial charge in [-0.25, -0.2) is 0 Å². The molecule has 24 heavy (non-hydrogen) atoms. The Morgan fingerprint density at radius 2 is 2.21 bits per heavy atom. The first-order chi connectivity index (χ1) is 11.5. The molecular weight excluding hydrogens is 306 g/mol. The van der Waals surface area contributed by atoms with E-state index in [1.165, 1.54) is 6.42 Å². The van der Waals surface area contributed by atoms with Gasteiger partial charge < -0.3 is 9.42 Å². The van der Waals surface area contributed by atoms with Crippen LogP contribution in [0.3, 0.4) is 0 Å². The molecule has 3 rings (SSSR count). The Morgan fingerprint density at radius 3 is 2.75 bits per heavy atom. The van der Waals surface area contributed by atoms with Gasteiger partial charge in [0.2, 0.25) is 5.89 Å². The summed E-state index contributed by atoms with van der Waals surface area (Å²) in [5.41, 5.74) is 1.51. The highest BCUT2D eigenvalue weighted by Gasteiger charge is 2.27. The summed E-state index contributed by atoms with van der Waals surface area (Å²) in [5.74, 6) is 1.91. The van der Waals surface area contributed by atoms with Crippen LogP contribution in [0.5, 0.6) is 0 Å². The Hall–Kier alpha value is -2.18. The lowest BCUT2D eigenvalue weighted by atomic mass is 9.85. The van der Waals surface area contributed by atoms with Crippen LogP contribution in [0.1, 0.15) is 79.8 Å². The van der Waals surface area contributed by atoms with Crippen LogP contribution in [-0.4, -0.2) is 37.3 Å². The van der Waals surface area contributed by atoms with Crippen molar-refractivity contribution in [3.05, 3.63) is 29.2 Å². The van der Waals surface area contributed by atoms with E-state index >= 15 is 0 Å². The van der Waals surface area contributed by atoms with Gasteiger partial charge in [-0.2, -0.15) is 10.1 Å². The zero-order valence-electron chi connectivity index (χ0n) is 14.8. The van der Waals surface area contributed by atoms with E-state index in [2.05, 4.69) is 29.1 Å². The predicted molar refractivity (Wildman–Crippen MR) is 88.6 cm³/mol. The Balaban J connectivity index is 1.73. The molecule has 0 aliphatic heterocycles. The van der Waals surface area contributed by atoms with Crippen LogP contribution in [-0.2, 0) is 13.6 Å². The van der Waals surface area contributed by atoms with Crippen molar-refractivity contribution in [2.24, 2.45) is 7.05 Å². The molecule has 1 fully saturated rings. The number of nitrogens with zero attached hydrogens (tertiary/aromatic N) is 5. The molecule has 0 bridgehead atoms. The minimum absolute atomic E-state index is 0.0607. The van der Waals surface area contributed by atoms with Gasteiger partial charge in [0.1, 0.15) is 5.69 Å². The number of carbonyl (C=O) groups excluding carboxylic acids is 1. The second kappa shape index (κ2) is 6.75. The number of aromatic nitrogens is 4. The van der Waals surface area contributed by atoms with Crippen LogP contribution >= 0.6 is 0 Å². The second-order valence-corrected chi connectivity index (χ2v) is 6.73. The molecule has 1 aliphatic rings. The van der Waals surface area contributed by atoms with E-state index in [-0.39, 0.29) is 11.8 Å². The molecule has 1 saturated carbocycles. The minimum Gasteiger partial charge on any atom is -0.339 e. The molecule has 2 aromatic heterocycles. The lowest BCUT2D eigenvalue weighted by Crippen LogP contribution is -2.32. The van der Waals surface area contributed by atoms with Gasteiger partial charge in [0.15, 0.2) is 5.82 Å². The molecule has 0 saturated heterocycles. The Labute approximate surface area is 142 Å². The lowest BCUT2D eigenvalue weighted by Gasteiger charge is -2.20. The fourth-order valence-corrected chi connectivity index (χ4v) is 2.78. The van der Waals surface area contributed by atoms with E-state index in [0.29, 0.717) is 36.4 Å². The van der Waals surface area contributed by atoms with E-state index in [1.54, 1.807) is 16.6 Å². The summed E-state index contributed by atoms with van der Waals surface area (Å²) in [5, 5.41) is 8.46. The van der Waals surface area contributed by atoms with Crippen LogP contribution in [0.15, 0.2) is 10.6 Å². The first-order valence-corrected chi connectivity index (χ1v) is 8.65. The normalized spacial score (nSPS) is 14.9. The van der Waals surface area contributed by atoms with E-state index in [4.69, 9.17) is 4.52 Å². The monoisotopic (exact) mass is 331 g/mol. The molecule has 1 amide bonds. The molecule has 7 heteroatoms. The third-order valence-electron chi connectivity index (χ3n) is 4.65. The third kappa shape index (κ3) is 3.20. The highest BCUT2D eigenvalue weighted by Crippen LogP contribution is 2.35. The number of aryl methyl sites for hydroxylation is 1. The van der Waals surface area contributed by atoms with Gasteiger partial charge >= 0.3 is 0 Å². The molecule has 2 heterocycles. The molecule has 0 N–H and O–H groups in total. The van der Waals surface area contributed by atoms with Gasteiger partial charge in [0, 0.05) is 19.5 Å². The molecule has 0 atom stereocenters. The standard InChI is InChI=1S/C17H25N5O2/c1-5-22(10-15-18-16(24-20-15)12-7-6-8-12)17(23)14-9-13(11(2)3)19-21(14)4/h9,11-12H,5-8,10H2,1-4H3. The highest BCUT2D eigenvalue weighted by molar-refractivity contribution is 5.92. The minimum atomic E-state index is -0.0607. The molecule has 7 nitrogen and oxygen atoms in total. The summed E-state index contributed by atoms with van der Waals surface area (Å²) in [4.78, 5) is 19.0. The second-order valence-electron chi connectivity index (χ2n) is 6.73. The Morgan fingerprint density at radius 1 is 1.46 bits per heavy atom. The van der Waals surface area contributed by atoms with Crippen LogP contribution in [0.25, 0.3) is 0 Å². The van der Waals surface area contributed by atoms with Crippen LogP contribution in [0.2, 0.25) is 0 Å². The van der Waals surface area contributed by atoms with E-state index in [9.17, 15) is 4.79 Å². The summed E-state index contributed by atoms with van der Waals surface area (Å²) in [7, 11) is 1.80. The molecule has 0 spiro atoms. The van der Waals surface area contributed by atoms with Crippen molar-refractivity contribution in [2.45, 2.75) is 58.4 Å². The smallest absolute Gasteiger partial charge is 0.272 e. The van der Waals surface area contributed by atoms with Crippen molar-refractivity contribution in [1.82, 2.24) is 24.8 Å². The molecular formula is C17H25N5O2. The summed E-state index contributed by atoms with van der Waals surface area (Å²) in [6.45, 7) is 7.01. The van der Waals surface area contributed by atoms with Crippen LogP contribution in [0.4, 0.5) is 0 Å². The fourth-order valence-electron chi connectivity index (χ4n) is 2.78. The number of hydrogen-bond acceptors (Lipinski definition) is 5. The summed E-state index contributed by atoms with van der Waals surface area (Å²) in [6.07, 6.45) is 3.46. The number of amides is 1. The van der Waals surface area contributed by atoms with Crippen molar-refractivity contribution in [3.63, 3.8) is 0 Å². The van der Waals surface area contributed by atoms with Gasteiger partial charge in [-0.3, -0.25) is 9.48 Å². The van der Waals surface area contributed by atoms with Gasteiger partial charge in [-0.05, 0) is 31.7 Å². The van der Waals surface area contributed by atoms with Gasteiger partial charge in [0.25, 0.3) is 5.91 Å². The highest BCUT2D eigenvalue weighted by atomic mass is 16.5. The lowest BCUT2D eigenvalue weighted by molar-refractivity contribution is 0.0736. The molecule has 0 unspecified atom stereocenters. The largest absolute Gasteiger partial charge is 0.339 e. The van der Waals surface area contributed by atoms with Crippen molar-refractivity contribution in [3.8, 4) is 0 Å². The number of rotatable bonds is 6. The van der Waals surface area contributed by atoms with Gasteiger partial charge in [0.05, 0.1) is 12.2 Å². The quantitative estimate of drug-likeness (QED) is 0.813. The Bertz CT molecular complexity index is 714. The summed E-state index contributed by atoms with van der Waals surface area (Å²) in [6, 6.07) is 1.87. The van der Waals surface area contributed by atoms with Gasteiger partial charge in [-0.1, -0.05) is 25.4 Å². The molecule has 2 aromatic rings. The van der Waals surface area contributed by atoms with Crippen molar-refractivity contribution in [2.75, 3.05) is 6.54 Å². The summed E-state index contributed by atoms with van der Waals surface area (Å²) < 4.78 is 6.99. The Kier molecular flexibility index (Phi) is 4.69. The SMILES string of the molecule is CCN(Cc1noc(C2CCC2)n1)C(=O)c1cc(C(C)C)nn1C. The van der Waals surface area contributed by atoms with Gasteiger partial charge in [-0.15, -0.1) is 0 Å². The number of hydrogen-bond donors (Lipinski definition) is 0. The van der Waals surface area contributed by atoms with E-state index in [1.807, 2.05) is 13.0 Å². The predicted octanol–water partition coefficient (Wildman–Crippen LogP) is 2.86. The van der Waals surface area contributed by atoms with E-state index < -0.39 is 0 Å². The maximum atomic E-state index is 12.8. The fraction of sp³-hybridized carbons (Fsp3) is 0.647. The summed E-state index contributed by atoms with van der Waals surface area (Å²) >= 11 is 0. The van der Waals surface area contributed by atoms with Crippen molar-refractivity contribution < 1.29 is 9.32 Å². The third-order valence-corrected chi connectivity index (χ3v) is 4.65. The molecule has 0 radical (unpaired) electrons. The molecule has 130 valence electrons. The number of carbonyl (C=O) groups is 1. The van der Waals surface area contributed by atoms with Crippen LogP contribution in [0, 0.1) is 0 Å². The van der Waals surface area contributed by atoms with E-state index in [0.717, 1.165) is 18.5 Å². The average molecular weight is 331 g/mol. The maximum Gasteiger partial charge on any atom is 0.272 e. The first-order valence-electron chi connectivity index (χ1n) is 8.65. The van der Waals surface area contributed by atoms with Crippen molar-refractivity contribution in [1.29, 1.82) is 0 Å². The first kappa shape index (κ1) is 16.7. The van der Waals surface area contributed by atoms with Crippen molar-refractivity contribution >= 4 is 5.91 Å². The maximum absolute atomic E-state index is 12.8. The molecule has 1 aliphatic carbocycles. The topological polar surface area (TPSA) is 77.1 Å². The average Bonchev–Trinajstić information content (AvgIpc) is 3.09.